The van der Waals surface area contributed by atoms with Crippen molar-refractivity contribution in [3.05, 3.63) is 64.4 Å². The highest BCUT2D eigenvalue weighted by atomic mass is 35.5. The number of aromatic amines is 1. The maximum absolute atomic E-state index is 6.16. The first-order valence-corrected chi connectivity index (χ1v) is 8.17. The summed E-state index contributed by atoms with van der Waals surface area (Å²) in [5, 5.41) is 0.713. The fraction of sp³-hybridized carbons (Fsp3) is 0.158. The van der Waals surface area contributed by atoms with Crippen LogP contribution < -0.4 is 5.73 Å². The Morgan fingerprint density at radius 2 is 1.96 bits per heavy atom. The highest BCUT2D eigenvalue weighted by Crippen LogP contribution is 2.19. The molecule has 3 rings (SSSR count). The predicted octanol–water partition coefficient (Wildman–Crippen LogP) is 4.92. The van der Waals surface area contributed by atoms with Crippen LogP contribution in [0.25, 0.3) is 23.2 Å². The molecule has 0 atom stereocenters. The number of fused-ring (bicyclic) bond motifs is 1. The molecule has 1 heterocycles. The van der Waals surface area contributed by atoms with Crippen molar-refractivity contribution >= 4 is 53.0 Å². The summed E-state index contributed by atoms with van der Waals surface area (Å²) in [6, 6.07) is 13.7. The Morgan fingerprint density at radius 3 is 2.68 bits per heavy atom. The number of H-pyrrole nitrogens is 1. The first kappa shape index (κ1) is 19.0. The molecule has 0 amide bonds. The van der Waals surface area contributed by atoms with Crippen molar-refractivity contribution in [2.75, 3.05) is 0 Å². The van der Waals surface area contributed by atoms with Gasteiger partial charge in [-0.2, -0.15) is 0 Å². The number of hydrogen-bond acceptors (Lipinski definition) is 2. The number of imidazole rings is 1. The maximum atomic E-state index is 6.16. The van der Waals surface area contributed by atoms with Gasteiger partial charge in [-0.05, 0) is 55.8 Å². The Kier molecular flexibility index (Phi) is 6.23. The summed E-state index contributed by atoms with van der Waals surface area (Å²) >= 11 is 6.16. The molecular formula is C19H20Cl2N4. The smallest absolute Gasteiger partial charge is 0.131 e. The van der Waals surface area contributed by atoms with Crippen LogP contribution in [-0.2, 0) is 0 Å². The van der Waals surface area contributed by atoms with Gasteiger partial charge in [-0.1, -0.05) is 29.8 Å². The van der Waals surface area contributed by atoms with E-state index in [1.807, 2.05) is 68.5 Å². The predicted molar refractivity (Wildman–Crippen MR) is 110 cm³/mol. The molecule has 0 radical (unpaired) electrons. The average molecular weight is 375 g/mol. The van der Waals surface area contributed by atoms with Crippen LogP contribution in [0, 0.1) is 0 Å². The molecule has 0 unspecified atom stereocenters. The van der Waals surface area contributed by atoms with Crippen molar-refractivity contribution in [2.45, 2.75) is 19.9 Å². The molecule has 4 nitrogen and oxygen atoms in total. The standard InChI is InChI=1S/C19H19ClN4.ClH/c1-12(2)22-19(21)14-7-9-16-17(11-14)24-18(23-16)10-8-13-5-3-4-6-15(13)20;/h3-12H,1-2H3,(H2,21,22)(H,23,24);1H/b10-8+;. The van der Waals surface area contributed by atoms with Gasteiger partial charge in [-0.15, -0.1) is 12.4 Å². The van der Waals surface area contributed by atoms with Crippen LogP contribution in [0.1, 0.15) is 30.8 Å². The largest absolute Gasteiger partial charge is 0.383 e. The number of nitrogens with two attached hydrogens (primary N) is 1. The van der Waals surface area contributed by atoms with E-state index in [9.17, 15) is 0 Å². The second-order valence-electron chi connectivity index (χ2n) is 5.82. The monoisotopic (exact) mass is 374 g/mol. The zero-order valence-electron chi connectivity index (χ0n) is 14.0. The Labute approximate surface area is 158 Å². The van der Waals surface area contributed by atoms with E-state index in [0.29, 0.717) is 10.9 Å². The molecule has 0 spiro atoms. The molecule has 0 saturated carbocycles. The lowest BCUT2D eigenvalue weighted by Gasteiger charge is -2.03. The molecule has 6 heteroatoms. The minimum atomic E-state index is 0. The third kappa shape index (κ3) is 4.62. The van der Waals surface area contributed by atoms with E-state index in [-0.39, 0.29) is 18.4 Å². The van der Waals surface area contributed by atoms with E-state index in [1.54, 1.807) is 0 Å². The molecule has 25 heavy (non-hydrogen) atoms. The third-order valence-corrected chi connectivity index (χ3v) is 3.86. The summed E-state index contributed by atoms with van der Waals surface area (Å²) < 4.78 is 0. The minimum absolute atomic E-state index is 0. The Hall–Kier alpha value is -2.30. The van der Waals surface area contributed by atoms with Crippen molar-refractivity contribution in [2.24, 2.45) is 10.7 Å². The van der Waals surface area contributed by atoms with E-state index in [4.69, 9.17) is 17.3 Å². The van der Waals surface area contributed by atoms with Crippen LogP contribution in [0.15, 0.2) is 47.5 Å². The first-order valence-electron chi connectivity index (χ1n) is 7.79. The van der Waals surface area contributed by atoms with Crippen LogP contribution in [0.5, 0.6) is 0 Å². The van der Waals surface area contributed by atoms with Gasteiger partial charge in [0.1, 0.15) is 11.7 Å². The summed E-state index contributed by atoms with van der Waals surface area (Å²) in [5.41, 5.74) is 9.68. The molecule has 0 saturated heterocycles. The number of benzene rings is 2. The number of aromatic nitrogens is 2. The van der Waals surface area contributed by atoms with Crippen LogP contribution in [-0.4, -0.2) is 21.8 Å². The zero-order valence-corrected chi connectivity index (χ0v) is 15.6. The van der Waals surface area contributed by atoms with Crippen molar-refractivity contribution in [1.82, 2.24) is 9.97 Å². The normalized spacial score (nSPS) is 12.1. The van der Waals surface area contributed by atoms with E-state index < -0.39 is 0 Å². The lowest BCUT2D eigenvalue weighted by Crippen LogP contribution is -2.15. The van der Waals surface area contributed by atoms with Gasteiger partial charge in [0.15, 0.2) is 0 Å². The highest BCUT2D eigenvalue weighted by Gasteiger charge is 2.05. The fourth-order valence-corrected chi connectivity index (χ4v) is 2.60. The zero-order chi connectivity index (χ0) is 17.1. The third-order valence-electron chi connectivity index (χ3n) is 3.52. The molecule has 0 aliphatic carbocycles. The molecule has 0 aliphatic rings. The lowest BCUT2D eigenvalue weighted by molar-refractivity contribution is 0.834. The van der Waals surface area contributed by atoms with Crippen LogP contribution in [0.2, 0.25) is 5.02 Å². The van der Waals surface area contributed by atoms with Crippen molar-refractivity contribution < 1.29 is 0 Å². The summed E-state index contributed by atoms with van der Waals surface area (Å²) in [6.07, 6.45) is 3.85. The SMILES string of the molecule is CC(C)N=C(N)c1ccc2nc(/C=C/c3ccccc3Cl)[nH]c2c1.Cl. The lowest BCUT2D eigenvalue weighted by atomic mass is 10.2. The van der Waals surface area contributed by atoms with Crippen molar-refractivity contribution in [1.29, 1.82) is 0 Å². The number of rotatable bonds is 4. The van der Waals surface area contributed by atoms with Gasteiger partial charge in [0.2, 0.25) is 0 Å². The summed E-state index contributed by atoms with van der Waals surface area (Å²) in [4.78, 5) is 12.2. The van der Waals surface area contributed by atoms with Gasteiger partial charge in [0.25, 0.3) is 0 Å². The van der Waals surface area contributed by atoms with E-state index in [0.717, 1.165) is 28.0 Å². The number of amidine groups is 1. The summed E-state index contributed by atoms with van der Waals surface area (Å²) in [6.45, 7) is 4.00. The first-order chi connectivity index (χ1) is 11.5. The molecule has 2 aromatic carbocycles. The molecule has 0 bridgehead atoms. The number of hydrogen-bond donors (Lipinski definition) is 2. The van der Waals surface area contributed by atoms with Gasteiger partial charge in [-0.25, -0.2) is 4.98 Å². The van der Waals surface area contributed by atoms with Gasteiger partial charge < -0.3 is 10.7 Å². The molecule has 0 fully saturated rings. The van der Waals surface area contributed by atoms with Crippen LogP contribution in [0.3, 0.4) is 0 Å². The summed E-state index contributed by atoms with van der Waals surface area (Å²) in [7, 11) is 0. The van der Waals surface area contributed by atoms with Crippen molar-refractivity contribution in [3.63, 3.8) is 0 Å². The minimum Gasteiger partial charge on any atom is -0.383 e. The van der Waals surface area contributed by atoms with Crippen molar-refractivity contribution in [3.8, 4) is 0 Å². The molecular weight excluding hydrogens is 355 g/mol. The van der Waals surface area contributed by atoms with E-state index in [2.05, 4.69) is 15.0 Å². The summed E-state index contributed by atoms with van der Waals surface area (Å²) in [5.74, 6) is 1.30. The molecule has 3 N–H and O–H groups in total. The Bertz CT molecular complexity index is 926. The van der Waals surface area contributed by atoms with Gasteiger partial charge in [0, 0.05) is 16.6 Å². The number of halogens is 2. The van der Waals surface area contributed by atoms with Gasteiger partial charge >= 0.3 is 0 Å². The van der Waals surface area contributed by atoms with Crippen LogP contribution >= 0.6 is 24.0 Å². The van der Waals surface area contributed by atoms with Gasteiger partial charge in [0.05, 0.1) is 11.0 Å². The van der Waals surface area contributed by atoms with E-state index >= 15 is 0 Å². The van der Waals surface area contributed by atoms with E-state index in [1.165, 1.54) is 0 Å². The number of nitrogens with one attached hydrogen (secondary N) is 1. The molecule has 130 valence electrons. The quantitative estimate of drug-likeness (QED) is 0.502. The second kappa shape index (κ2) is 8.19. The Balaban J connectivity index is 0.00000225. The number of nitrogens with zero attached hydrogens (tertiary/aromatic N) is 2. The topological polar surface area (TPSA) is 67.1 Å². The second-order valence-corrected chi connectivity index (χ2v) is 6.22. The maximum Gasteiger partial charge on any atom is 0.131 e. The van der Waals surface area contributed by atoms with Gasteiger partial charge in [-0.3, -0.25) is 4.99 Å². The van der Waals surface area contributed by atoms with Crippen LogP contribution in [0.4, 0.5) is 0 Å². The Morgan fingerprint density at radius 1 is 1.20 bits per heavy atom. The highest BCUT2D eigenvalue weighted by molar-refractivity contribution is 6.32. The number of aliphatic imine (C=N–C) groups is 1. The average Bonchev–Trinajstić information content (AvgIpc) is 2.95. The fourth-order valence-electron chi connectivity index (χ4n) is 2.40. The molecule has 1 aromatic heterocycles. The molecule has 0 aliphatic heterocycles. The molecule has 3 aromatic rings.